The molecular weight excluding hydrogens is 264 g/mol. The van der Waals surface area contributed by atoms with Crippen molar-refractivity contribution in [2.24, 2.45) is 7.05 Å². The van der Waals surface area contributed by atoms with Crippen molar-refractivity contribution >= 4 is 23.1 Å². The summed E-state index contributed by atoms with van der Waals surface area (Å²) in [7, 11) is 1.72. The van der Waals surface area contributed by atoms with Crippen LogP contribution in [0, 0.1) is 13.8 Å². The lowest BCUT2D eigenvalue weighted by Crippen LogP contribution is -2.13. The first kappa shape index (κ1) is 13.5. The zero-order valence-electron chi connectivity index (χ0n) is 11.3. The average molecular weight is 280 g/mol. The van der Waals surface area contributed by atoms with E-state index in [9.17, 15) is 9.90 Å². The summed E-state index contributed by atoms with van der Waals surface area (Å²) in [5.74, 6) is -0.471. The predicted molar refractivity (Wildman–Crippen MR) is 73.8 cm³/mol. The quantitative estimate of drug-likeness (QED) is 0.898. The van der Waals surface area contributed by atoms with Crippen molar-refractivity contribution in [1.29, 1.82) is 0 Å². The molecule has 19 heavy (non-hydrogen) atoms. The minimum Gasteiger partial charge on any atom is -0.477 e. The van der Waals surface area contributed by atoms with E-state index in [0.29, 0.717) is 11.5 Å². The minimum atomic E-state index is -0.976. The molecule has 0 aliphatic rings. The van der Waals surface area contributed by atoms with E-state index in [2.05, 4.69) is 15.4 Å². The summed E-state index contributed by atoms with van der Waals surface area (Å²) in [5.41, 5.74) is 1.68. The molecule has 2 N–H and O–H groups in total. The fourth-order valence-electron chi connectivity index (χ4n) is 1.92. The third kappa shape index (κ3) is 2.60. The van der Waals surface area contributed by atoms with Crippen LogP contribution in [0.25, 0.3) is 0 Å². The lowest BCUT2D eigenvalue weighted by Gasteiger charge is -2.13. The molecule has 0 bridgehead atoms. The second-order valence-corrected chi connectivity index (χ2v) is 5.32. The van der Waals surface area contributed by atoms with Gasteiger partial charge in [-0.25, -0.2) is 9.78 Å². The molecule has 0 saturated heterocycles. The number of anilines is 1. The summed E-state index contributed by atoms with van der Waals surface area (Å²) < 4.78 is 1.55. The fraction of sp³-hybridized carbons (Fsp3) is 0.417. The van der Waals surface area contributed by atoms with Crippen LogP contribution in [0.3, 0.4) is 0 Å². The molecule has 0 aromatic carbocycles. The van der Waals surface area contributed by atoms with E-state index in [0.717, 1.165) is 10.7 Å². The smallest absolute Gasteiger partial charge is 0.341 e. The number of nitrogens with zero attached hydrogens (tertiary/aromatic N) is 3. The van der Waals surface area contributed by atoms with Crippen molar-refractivity contribution in [3.8, 4) is 0 Å². The summed E-state index contributed by atoms with van der Waals surface area (Å²) >= 11 is 1.55. The van der Waals surface area contributed by atoms with Crippen molar-refractivity contribution < 1.29 is 9.90 Å². The number of rotatable bonds is 4. The SMILES string of the molecule is Cc1csc(C(C)Nc2c(C(=O)O)c(C)nn2C)n1. The number of thiazole rings is 1. The summed E-state index contributed by atoms with van der Waals surface area (Å²) in [5, 5.41) is 19.5. The number of carboxylic acid groups (broad SMARTS) is 1. The highest BCUT2D eigenvalue weighted by Gasteiger charge is 2.21. The number of aromatic carboxylic acids is 1. The van der Waals surface area contributed by atoms with Gasteiger partial charge in [0.25, 0.3) is 0 Å². The van der Waals surface area contributed by atoms with E-state index in [1.54, 1.807) is 30.0 Å². The summed E-state index contributed by atoms with van der Waals surface area (Å²) in [6, 6.07) is -0.0633. The highest BCUT2D eigenvalue weighted by Crippen LogP contribution is 2.25. The first-order valence-electron chi connectivity index (χ1n) is 5.85. The molecule has 2 rings (SSSR count). The van der Waals surface area contributed by atoms with Gasteiger partial charge in [0.15, 0.2) is 0 Å². The van der Waals surface area contributed by atoms with Crippen molar-refractivity contribution in [2.75, 3.05) is 5.32 Å². The number of hydrogen-bond donors (Lipinski definition) is 2. The summed E-state index contributed by atoms with van der Waals surface area (Å²) in [6.07, 6.45) is 0. The molecule has 0 spiro atoms. The summed E-state index contributed by atoms with van der Waals surface area (Å²) in [6.45, 7) is 5.57. The molecule has 7 heteroatoms. The molecule has 1 unspecified atom stereocenters. The van der Waals surface area contributed by atoms with Gasteiger partial charge in [0.2, 0.25) is 0 Å². The Morgan fingerprint density at radius 1 is 1.53 bits per heavy atom. The van der Waals surface area contributed by atoms with Gasteiger partial charge < -0.3 is 10.4 Å². The van der Waals surface area contributed by atoms with Gasteiger partial charge in [-0.05, 0) is 20.8 Å². The minimum absolute atomic E-state index is 0.0633. The van der Waals surface area contributed by atoms with Gasteiger partial charge in [-0.15, -0.1) is 11.3 Å². The second kappa shape index (κ2) is 5.00. The molecule has 2 aromatic rings. The Bertz CT molecular complexity index is 617. The molecule has 0 amide bonds. The van der Waals surface area contributed by atoms with E-state index in [1.807, 2.05) is 19.2 Å². The lowest BCUT2D eigenvalue weighted by molar-refractivity contribution is 0.0697. The maximum Gasteiger partial charge on any atom is 0.341 e. The molecule has 1 atom stereocenters. The van der Waals surface area contributed by atoms with Crippen LogP contribution in [0.5, 0.6) is 0 Å². The highest BCUT2D eigenvalue weighted by molar-refractivity contribution is 7.09. The van der Waals surface area contributed by atoms with Gasteiger partial charge in [0.1, 0.15) is 16.4 Å². The third-order valence-electron chi connectivity index (χ3n) is 2.80. The van der Waals surface area contributed by atoms with Gasteiger partial charge in [-0.3, -0.25) is 4.68 Å². The number of carboxylic acids is 1. The van der Waals surface area contributed by atoms with Gasteiger partial charge in [-0.1, -0.05) is 0 Å². The van der Waals surface area contributed by atoms with E-state index in [4.69, 9.17) is 0 Å². The Morgan fingerprint density at radius 3 is 2.74 bits per heavy atom. The lowest BCUT2D eigenvalue weighted by atomic mass is 10.2. The monoisotopic (exact) mass is 280 g/mol. The third-order valence-corrected chi connectivity index (χ3v) is 3.94. The van der Waals surface area contributed by atoms with Crippen LogP contribution >= 0.6 is 11.3 Å². The van der Waals surface area contributed by atoms with Crippen LogP contribution in [0.4, 0.5) is 5.82 Å². The zero-order valence-corrected chi connectivity index (χ0v) is 12.1. The van der Waals surface area contributed by atoms with Crippen LogP contribution in [-0.4, -0.2) is 25.8 Å². The maximum atomic E-state index is 11.3. The molecule has 0 aliphatic heterocycles. The molecule has 0 saturated carbocycles. The van der Waals surface area contributed by atoms with E-state index >= 15 is 0 Å². The van der Waals surface area contributed by atoms with Crippen LogP contribution in [-0.2, 0) is 7.05 Å². The topological polar surface area (TPSA) is 80.0 Å². The predicted octanol–water partition coefficient (Wildman–Crippen LogP) is 2.36. The Kier molecular flexibility index (Phi) is 3.57. The van der Waals surface area contributed by atoms with Crippen LogP contribution in [0.1, 0.15) is 39.7 Å². The Labute approximate surface area is 115 Å². The standard InChI is InChI=1S/C12H16N4O2S/c1-6-5-19-11(13-6)8(3)14-10-9(12(17)18)7(2)15-16(10)4/h5,8,14H,1-4H3,(H,17,18). The first-order valence-corrected chi connectivity index (χ1v) is 6.73. The van der Waals surface area contributed by atoms with Gasteiger partial charge >= 0.3 is 5.97 Å². The van der Waals surface area contributed by atoms with Crippen molar-refractivity contribution in [3.63, 3.8) is 0 Å². The molecule has 102 valence electrons. The Balaban J connectivity index is 2.31. The largest absolute Gasteiger partial charge is 0.477 e. The van der Waals surface area contributed by atoms with Gasteiger partial charge in [0.05, 0.1) is 11.7 Å². The fourth-order valence-corrected chi connectivity index (χ4v) is 2.72. The Hall–Kier alpha value is -1.89. The van der Waals surface area contributed by atoms with Crippen LogP contribution < -0.4 is 5.32 Å². The molecule has 0 fully saturated rings. The van der Waals surface area contributed by atoms with E-state index in [1.165, 1.54) is 0 Å². The van der Waals surface area contributed by atoms with Crippen molar-refractivity contribution in [1.82, 2.24) is 14.8 Å². The second-order valence-electron chi connectivity index (χ2n) is 4.43. The number of hydrogen-bond acceptors (Lipinski definition) is 5. The molecule has 6 nitrogen and oxygen atoms in total. The zero-order chi connectivity index (χ0) is 14.2. The molecule has 2 heterocycles. The summed E-state index contributed by atoms with van der Waals surface area (Å²) in [4.78, 5) is 15.7. The van der Waals surface area contributed by atoms with Gasteiger partial charge in [-0.2, -0.15) is 5.10 Å². The van der Waals surface area contributed by atoms with Crippen molar-refractivity contribution in [2.45, 2.75) is 26.8 Å². The normalized spacial score (nSPS) is 12.4. The average Bonchev–Trinajstić information content (AvgIpc) is 2.84. The molecule has 0 aliphatic carbocycles. The number of aryl methyl sites for hydroxylation is 3. The molecular formula is C12H16N4O2S. The van der Waals surface area contributed by atoms with Crippen LogP contribution in [0.15, 0.2) is 5.38 Å². The number of nitrogens with one attached hydrogen (secondary N) is 1. The number of carbonyl (C=O) groups is 1. The molecule has 2 aromatic heterocycles. The van der Waals surface area contributed by atoms with Crippen LogP contribution in [0.2, 0.25) is 0 Å². The molecule has 0 radical (unpaired) electrons. The van der Waals surface area contributed by atoms with Gasteiger partial charge in [0, 0.05) is 18.1 Å². The first-order chi connectivity index (χ1) is 8.90. The van der Waals surface area contributed by atoms with E-state index < -0.39 is 5.97 Å². The maximum absolute atomic E-state index is 11.3. The van der Waals surface area contributed by atoms with Crippen molar-refractivity contribution in [3.05, 3.63) is 27.3 Å². The van der Waals surface area contributed by atoms with E-state index in [-0.39, 0.29) is 11.6 Å². The Morgan fingerprint density at radius 2 is 2.21 bits per heavy atom. The number of aromatic nitrogens is 3. The highest BCUT2D eigenvalue weighted by atomic mass is 32.1.